The molecule has 26 heavy (non-hydrogen) atoms. The Balaban J connectivity index is 1.72. The second-order valence-corrected chi connectivity index (χ2v) is 7.71. The second kappa shape index (κ2) is 7.86. The van der Waals surface area contributed by atoms with Gasteiger partial charge in [-0.05, 0) is 59.7 Å². The van der Waals surface area contributed by atoms with Crippen molar-refractivity contribution in [3.8, 4) is 0 Å². The molecule has 0 bridgehead atoms. The van der Waals surface area contributed by atoms with Gasteiger partial charge in [0.05, 0.1) is 5.56 Å². The third-order valence-corrected chi connectivity index (χ3v) is 5.34. The van der Waals surface area contributed by atoms with Crippen LogP contribution in [-0.4, -0.2) is 5.11 Å². The standard InChI is InChI=1S/C20H14BrF3OS/c21-16-7-11-18(12-8-16)26-17-9-3-14(4-10-17)19(25)13-1-5-15(6-2-13)20(22,23)24/h1-12,19,25H. The van der Waals surface area contributed by atoms with Crippen molar-refractivity contribution in [1.82, 2.24) is 0 Å². The molecule has 1 nitrogen and oxygen atoms in total. The molecule has 6 heteroatoms. The lowest BCUT2D eigenvalue weighted by Gasteiger charge is -2.13. The van der Waals surface area contributed by atoms with Gasteiger partial charge in [-0.2, -0.15) is 13.2 Å². The first-order valence-electron chi connectivity index (χ1n) is 7.71. The van der Waals surface area contributed by atoms with Crippen molar-refractivity contribution in [3.63, 3.8) is 0 Å². The predicted molar refractivity (Wildman–Crippen MR) is 100 cm³/mol. The summed E-state index contributed by atoms with van der Waals surface area (Å²) in [6.45, 7) is 0. The zero-order valence-electron chi connectivity index (χ0n) is 13.4. The molecule has 1 N–H and O–H groups in total. The van der Waals surface area contributed by atoms with Crippen molar-refractivity contribution in [2.24, 2.45) is 0 Å². The van der Waals surface area contributed by atoms with E-state index in [2.05, 4.69) is 15.9 Å². The fourth-order valence-electron chi connectivity index (χ4n) is 2.40. The second-order valence-electron chi connectivity index (χ2n) is 5.65. The van der Waals surface area contributed by atoms with Crippen molar-refractivity contribution in [2.45, 2.75) is 22.1 Å². The number of benzene rings is 3. The average molecular weight is 439 g/mol. The number of rotatable bonds is 4. The molecule has 0 aromatic heterocycles. The molecular formula is C20H14BrF3OS. The highest BCUT2D eigenvalue weighted by molar-refractivity contribution is 9.10. The highest BCUT2D eigenvalue weighted by Gasteiger charge is 2.30. The third kappa shape index (κ3) is 4.69. The third-order valence-electron chi connectivity index (χ3n) is 3.80. The lowest BCUT2D eigenvalue weighted by atomic mass is 10.0. The Morgan fingerprint density at radius 1 is 0.731 bits per heavy atom. The minimum atomic E-state index is -4.38. The molecule has 0 aliphatic heterocycles. The summed E-state index contributed by atoms with van der Waals surface area (Å²) >= 11 is 4.98. The Bertz CT molecular complexity index is 860. The lowest BCUT2D eigenvalue weighted by Crippen LogP contribution is -2.06. The van der Waals surface area contributed by atoms with Crippen LogP contribution in [0.25, 0.3) is 0 Å². The summed E-state index contributed by atoms with van der Waals surface area (Å²) in [6.07, 6.45) is -5.35. The molecule has 0 saturated carbocycles. The summed E-state index contributed by atoms with van der Waals surface area (Å²) in [7, 11) is 0. The molecule has 1 atom stereocenters. The largest absolute Gasteiger partial charge is 0.416 e. The summed E-state index contributed by atoms with van der Waals surface area (Å²) in [5, 5.41) is 10.4. The van der Waals surface area contributed by atoms with Gasteiger partial charge in [0.15, 0.2) is 0 Å². The summed E-state index contributed by atoms with van der Waals surface area (Å²) in [4.78, 5) is 2.10. The quantitative estimate of drug-likeness (QED) is 0.488. The van der Waals surface area contributed by atoms with Crippen LogP contribution in [0.1, 0.15) is 22.8 Å². The Labute approximate surface area is 162 Å². The molecule has 0 radical (unpaired) electrons. The maximum absolute atomic E-state index is 12.6. The van der Waals surface area contributed by atoms with Crippen LogP contribution in [-0.2, 0) is 6.18 Å². The van der Waals surface area contributed by atoms with Crippen LogP contribution in [0.2, 0.25) is 0 Å². The molecule has 0 aliphatic rings. The minimum Gasteiger partial charge on any atom is -0.384 e. The summed E-state index contributed by atoms with van der Waals surface area (Å²) in [5.41, 5.74) is 0.325. The van der Waals surface area contributed by atoms with Crippen LogP contribution < -0.4 is 0 Å². The Morgan fingerprint density at radius 3 is 1.62 bits per heavy atom. The summed E-state index contributed by atoms with van der Waals surface area (Å²) < 4.78 is 38.9. The Kier molecular flexibility index (Phi) is 5.75. The van der Waals surface area contributed by atoms with E-state index in [0.29, 0.717) is 11.1 Å². The van der Waals surface area contributed by atoms with Crippen molar-refractivity contribution in [2.75, 3.05) is 0 Å². The van der Waals surface area contributed by atoms with E-state index < -0.39 is 17.8 Å². The van der Waals surface area contributed by atoms with Gasteiger partial charge in [0.1, 0.15) is 6.10 Å². The van der Waals surface area contributed by atoms with E-state index in [1.807, 2.05) is 36.4 Å². The number of halogens is 4. The molecule has 0 saturated heterocycles. The van der Waals surface area contributed by atoms with E-state index in [1.165, 1.54) is 12.1 Å². The average Bonchev–Trinajstić information content (AvgIpc) is 2.63. The first-order valence-corrected chi connectivity index (χ1v) is 9.32. The maximum atomic E-state index is 12.6. The molecular weight excluding hydrogens is 425 g/mol. The highest BCUT2D eigenvalue weighted by Crippen LogP contribution is 2.32. The lowest BCUT2D eigenvalue weighted by molar-refractivity contribution is -0.137. The zero-order chi connectivity index (χ0) is 18.7. The van der Waals surface area contributed by atoms with Gasteiger partial charge < -0.3 is 5.11 Å². The molecule has 134 valence electrons. The number of aliphatic hydroxyl groups is 1. The van der Waals surface area contributed by atoms with Crippen LogP contribution in [0.15, 0.2) is 87.1 Å². The van der Waals surface area contributed by atoms with Gasteiger partial charge in [-0.15, -0.1) is 0 Å². The molecule has 0 spiro atoms. The van der Waals surface area contributed by atoms with E-state index in [9.17, 15) is 18.3 Å². The van der Waals surface area contributed by atoms with Crippen LogP contribution in [0, 0.1) is 0 Å². The number of hydrogen-bond acceptors (Lipinski definition) is 2. The topological polar surface area (TPSA) is 20.2 Å². The smallest absolute Gasteiger partial charge is 0.384 e. The van der Waals surface area contributed by atoms with Crippen LogP contribution in [0.5, 0.6) is 0 Å². The van der Waals surface area contributed by atoms with Crippen molar-refractivity contribution >= 4 is 27.7 Å². The van der Waals surface area contributed by atoms with Gasteiger partial charge in [-0.3, -0.25) is 0 Å². The van der Waals surface area contributed by atoms with Gasteiger partial charge in [0.25, 0.3) is 0 Å². The molecule has 1 unspecified atom stereocenters. The molecule has 0 heterocycles. The molecule has 3 aromatic rings. The van der Waals surface area contributed by atoms with Crippen LogP contribution >= 0.6 is 27.7 Å². The Morgan fingerprint density at radius 2 is 1.15 bits per heavy atom. The normalized spacial score (nSPS) is 12.8. The minimum absolute atomic E-state index is 0.423. The van der Waals surface area contributed by atoms with E-state index in [0.717, 1.165) is 26.4 Å². The van der Waals surface area contributed by atoms with Gasteiger partial charge in [-0.1, -0.05) is 52.0 Å². The van der Waals surface area contributed by atoms with Crippen molar-refractivity contribution < 1.29 is 18.3 Å². The van der Waals surface area contributed by atoms with E-state index in [-0.39, 0.29) is 0 Å². The fourth-order valence-corrected chi connectivity index (χ4v) is 3.48. The SMILES string of the molecule is OC(c1ccc(Sc2ccc(Br)cc2)cc1)c1ccc(C(F)(F)F)cc1. The first-order chi connectivity index (χ1) is 12.3. The maximum Gasteiger partial charge on any atom is 0.416 e. The van der Waals surface area contributed by atoms with E-state index in [4.69, 9.17) is 0 Å². The number of aliphatic hydroxyl groups excluding tert-OH is 1. The molecule has 0 amide bonds. The van der Waals surface area contributed by atoms with Crippen LogP contribution in [0.4, 0.5) is 13.2 Å². The monoisotopic (exact) mass is 438 g/mol. The van der Waals surface area contributed by atoms with Crippen LogP contribution in [0.3, 0.4) is 0 Å². The van der Waals surface area contributed by atoms with Gasteiger partial charge in [0.2, 0.25) is 0 Å². The van der Waals surface area contributed by atoms with Gasteiger partial charge in [-0.25, -0.2) is 0 Å². The van der Waals surface area contributed by atoms with E-state index >= 15 is 0 Å². The molecule has 3 rings (SSSR count). The fraction of sp³-hybridized carbons (Fsp3) is 0.100. The zero-order valence-corrected chi connectivity index (χ0v) is 15.8. The highest BCUT2D eigenvalue weighted by atomic mass is 79.9. The van der Waals surface area contributed by atoms with E-state index in [1.54, 1.807) is 23.9 Å². The summed E-state index contributed by atoms with van der Waals surface area (Å²) in [6, 6.07) is 19.8. The van der Waals surface area contributed by atoms with Crippen molar-refractivity contribution in [1.29, 1.82) is 0 Å². The van der Waals surface area contributed by atoms with Gasteiger partial charge >= 0.3 is 6.18 Å². The molecule has 0 aliphatic carbocycles. The molecule has 3 aromatic carbocycles. The van der Waals surface area contributed by atoms with Crippen molar-refractivity contribution in [3.05, 3.63) is 94.0 Å². The number of hydrogen-bond donors (Lipinski definition) is 1. The van der Waals surface area contributed by atoms with Gasteiger partial charge in [0, 0.05) is 14.3 Å². The Hall–Kier alpha value is -1.76. The predicted octanol–water partition coefficient (Wildman–Crippen LogP) is 6.70. The molecule has 0 fully saturated rings. The number of alkyl halides is 3. The first kappa shape index (κ1) is 19.0. The summed E-state index contributed by atoms with van der Waals surface area (Å²) in [5.74, 6) is 0.